The zero-order valence-corrected chi connectivity index (χ0v) is 12.7. The van der Waals surface area contributed by atoms with Gasteiger partial charge in [0.1, 0.15) is 11.5 Å². The van der Waals surface area contributed by atoms with Crippen molar-refractivity contribution in [2.75, 3.05) is 6.61 Å². The third-order valence-corrected chi connectivity index (χ3v) is 3.76. The van der Waals surface area contributed by atoms with E-state index in [0.29, 0.717) is 0 Å². The van der Waals surface area contributed by atoms with Crippen LogP contribution in [0.3, 0.4) is 0 Å². The van der Waals surface area contributed by atoms with Crippen molar-refractivity contribution in [1.29, 1.82) is 0 Å². The van der Waals surface area contributed by atoms with Crippen LogP contribution < -0.4 is 0 Å². The van der Waals surface area contributed by atoms with Gasteiger partial charge in [0, 0.05) is 35.8 Å². The minimum atomic E-state index is -0.266. The van der Waals surface area contributed by atoms with Crippen molar-refractivity contribution in [2.45, 2.75) is 19.3 Å². The Morgan fingerprint density at radius 1 is 0.957 bits per heavy atom. The molecule has 2 heterocycles. The molecular formula is C18H18FN3O. The lowest BCUT2D eigenvalue weighted by molar-refractivity contribution is 0.284. The van der Waals surface area contributed by atoms with E-state index in [1.54, 1.807) is 24.5 Å². The number of unbranched alkanes of at least 4 members (excludes halogenated alkanes) is 1. The standard InChI is InChI=1S/C18H18FN3O/c19-15-6-4-14(5-7-15)18-17(13-8-10-20-11-9-13)16(21-22-18)3-1-2-12-23/h4-11,23H,1-3,12H2,(H,21,22). The van der Waals surface area contributed by atoms with E-state index in [-0.39, 0.29) is 12.4 Å². The van der Waals surface area contributed by atoms with Crippen LogP contribution in [0.5, 0.6) is 0 Å². The normalized spacial score (nSPS) is 10.9. The van der Waals surface area contributed by atoms with Crippen molar-refractivity contribution in [1.82, 2.24) is 15.2 Å². The highest BCUT2D eigenvalue weighted by molar-refractivity contribution is 5.82. The third-order valence-electron chi connectivity index (χ3n) is 3.76. The molecule has 4 nitrogen and oxygen atoms in total. The molecule has 0 spiro atoms. The van der Waals surface area contributed by atoms with Crippen molar-refractivity contribution in [3.63, 3.8) is 0 Å². The quantitative estimate of drug-likeness (QED) is 0.684. The number of aliphatic hydroxyl groups is 1. The van der Waals surface area contributed by atoms with Gasteiger partial charge in [-0.05, 0) is 61.2 Å². The zero-order valence-electron chi connectivity index (χ0n) is 12.7. The number of aromatic amines is 1. The highest BCUT2D eigenvalue weighted by Crippen LogP contribution is 2.33. The lowest BCUT2D eigenvalue weighted by Crippen LogP contribution is -1.92. The first-order valence-corrected chi connectivity index (χ1v) is 7.64. The van der Waals surface area contributed by atoms with Gasteiger partial charge in [-0.2, -0.15) is 5.10 Å². The molecule has 3 rings (SSSR count). The van der Waals surface area contributed by atoms with Gasteiger partial charge < -0.3 is 5.11 Å². The Balaban J connectivity index is 2.04. The molecule has 3 aromatic rings. The Morgan fingerprint density at radius 3 is 2.39 bits per heavy atom. The molecular weight excluding hydrogens is 293 g/mol. The minimum absolute atomic E-state index is 0.184. The molecule has 0 unspecified atom stereocenters. The number of H-pyrrole nitrogens is 1. The predicted octanol–water partition coefficient (Wildman–Crippen LogP) is 3.59. The molecule has 0 atom stereocenters. The topological polar surface area (TPSA) is 61.8 Å². The van der Waals surface area contributed by atoms with Crippen LogP contribution in [0.4, 0.5) is 4.39 Å². The molecule has 23 heavy (non-hydrogen) atoms. The van der Waals surface area contributed by atoms with Gasteiger partial charge in [0.2, 0.25) is 0 Å². The number of aryl methyl sites for hydroxylation is 1. The predicted molar refractivity (Wildman–Crippen MR) is 87.2 cm³/mol. The number of aliphatic hydroxyl groups excluding tert-OH is 1. The monoisotopic (exact) mass is 311 g/mol. The number of nitrogens with zero attached hydrogens (tertiary/aromatic N) is 2. The molecule has 0 bridgehead atoms. The first-order valence-electron chi connectivity index (χ1n) is 7.64. The van der Waals surface area contributed by atoms with Crippen molar-refractivity contribution < 1.29 is 9.50 Å². The Labute approximate surface area is 134 Å². The lowest BCUT2D eigenvalue weighted by Gasteiger charge is -2.06. The maximum atomic E-state index is 13.2. The summed E-state index contributed by atoms with van der Waals surface area (Å²) in [6.45, 7) is 0.184. The molecule has 0 saturated heterocycles. The summed E-state index contributed by atoms with van der Waals surface area (Å²) in [5, 5.41) is 16.5. The van der Waals surface area contributed by atoms with Crippen molar-refractivity contribution in [3.8, 4) is 22.4 Å². The Kier molecular flexibility index (Phi) is 4.78. The van der Waals surface area contributed by atoms with Crippen LogP contribution in [0, 0.1) is 5.82 Å². The van der Waals surface area contributed by atoms with Gasteiger partial charge in [0.05, 0.1) is 0 Å². The van der Waals surface area contributed by atoms with Gasteiger partial charge in [-0.3, -0.25) is 10.1 Å². The molecule has 0 aliphatic heterocycles. The summed E-state index contributed by atoms with van der Waals surface area (Å²) in [4.78, 5) is 4.06. The van der Waals surface area contributed by atoms with Crippen LogP contribution in [0.25, 0.3) is 22.4 Å². The van der Waals surface area contributed by atoms with E-state index in [0.717, 1.165) is 47.3 Å². The van der Waals surface area contributed by atoms with Crippen LogP contribution in [0.2, 0.25) is 0 Å². The van der Waals surface area contributed by atoms with Crippen LogP contribution in [-0.4, -0.2) is 26.9 Å². The number of hydrogen-bond donors (Lipinski definition) is 2. The highest BCUT2D eigenvalue weighted by atomic mass is 19.1. The van der Waals surface area contributed by atoms with E-state index < -0.39 is 0 Å². The first kappa shape index (κ1) is 15.4. The van der Waals surface area contributed by atoms with E-state index in [2.05, 4.69) is 15.2 Å². The molecule has 0 fully saturated rings. The van der Waals surface area contributed by atoms with Gasteiger partial charge in [-0.25, -0.2) is 4.39 Å². The third kappa shape index (κ3) is 3.46. The largest absolute Gasteiger partial charge is 0.396 e. The Bertz CT molecular complexity index is 754. The molecule has 5 heteroatoms. The average molecular weight is 311 g/mol. The van der Waals surface area contributed by atoms with E-state index >= 15 is 0 Å². The maximum Gasteiger partial charge on any atom is 0.123 e. The summed E-state index contributed by atoms with van der Waals surface area (Å²) in [7, 11) is 0. The summed E-state index contributed by atoms with van der Waals surface area (Å²) >= 11 is 0. The maximum absolute atomic E-state index is 13.2. The zero-order chi connectivity index (χ0) is 16.1. The van der Waals surface area contributed by atoms with Crippen LogP contribution >= 0.6 is 0 Å². The summed E-state index contributed by atoms with van der Waals surface area (Å²) in [5.74, 6) is -0.266. The van der Waals surface area contributed by atoms with Gasteiger partial charge in [-0.15, -0.1) is 0 Å². The van der Waals surface area contributed by atoms with Gasteiger partial charge in [-0.1, -0.05) is 0 Å². The fraction of sp³-hybridized carbons (Fsp3) is 0.222. The van der Waals surface area contributed by atoms with Crippen LogP contribution in [-0.2, 0) is 6.42 Å². The summed E-state index contributed by atoms with van der Waals surface area (Å²) in [6.07, 6.45) is 5.91. The van der Waals surface area contributed by atoms with E-state index in [1.165, 1.54) is 12.1 Å². The van der Waals surface area contributed by atoms with E-state index in [4.69, 9.17) is 5.11 Å². The first-order chi connectivity index (χ1) is 11.3. The summed E-state index contributed by atoms with van der Waals surface area (Å²) in [5.41, 5.74) is 4.71. The Morgan fingerprint density at radius 2 is 1.70 bits per heavy atom. The number of halogens is 1. The smallest absolute Gasteiger partial charge is 0.123 e. The van der Waals surface area contributed by atoms with E-state index in [1.807, 2.05) is 12.1 Å². The molecule has 2 aromatic heterocycles. The molecule has 0 amide bonds. The average Bonchev–Trinajstić information content (AvgIpc) is 3.00. The van der Waals surface area contributed by atoms with Gasteiger partial charge in [0.25, 0.3) is 0 Å². The summed E-state index contributed by atoms with van der Waals surface area (Å²) < 4.78 is 13.2. The summed E-state index contributed by atoms with van der Waals surface area (Å²) in [6, 6.07) is 10.2. The highest BCUT2D eigenvalue weighted by Gasteiger charge is 2.16. The van der Waals surface area contributed by atoms with Crippen LogP contribution in [0.15, 0.2) is 48.8 Å². The van der Waals surface area contributed by atoms with Crippen molar-refractivity contribution >= 4 is 0 Å². The molecule has 118 valence electrons. The van der Waals surface area contributed by atoms with Crippen molar-refractivity contribution in [2.24, 2.45) is 0 Å². The molecule has 0 radical (unpaired) electrons. The second kappa shape index (κ2) is 7.15. The second-order valence-corrected chi connectivity index (χ2v) is 5.35. The molecule has 2 N–H and O–H groups in total. The fourth-order valence-electron chi connectivity index (χ4n) is 2.62. The second-order valence-electron chi connectivity index (χ2n) is 5.35. The minimum Gasteiger partial charge on any atom is -0.396 e. The number of nitrogens with one attached hydrogen (secondary N) is 1. The molecule has 0 aliphatic carbocycles. The van der Waals surface area contributed by atoms with Crippen LogP contribution in [0.1, 0.15) is 18.5 Å². The van der Waals surface area contributed by atoms with Crippen molar-refractivity contribution in [3.05, 3.63) is 60.3 Å². The number of pyridine rings is 1. The Hall–Kier alpha value is -2.53. The number of rotatable bonds is 6. The number of hydrogen-bond acceptors (Lipinski definition) is 3. The molecule has 0 saturated carbocycles. The number of benzene rings is 1. The molecule has 1 aromatic carbocycles. The lowest BCUT2D eigenvalue weighted by atomic mass is 9.97. The van der Waals surface area contributed by atoms with Gasteiger partial charge >= 0.3 is 0 Å². The SMILES string of the molecule is OCCCCc1[nH]nc(-c2ccc(F)cc2)c1-c1ccncc1. The fourth-order valence-corrected chi connectivity index (χ4v) is 2.62. The molecule has 0 aliphatic rings. The van der Waals surface area contributed by atoms with Gasteiger partial charge in [0.15, 0.2) is 0 Å². The number of aromatic nitrogens is 3. The van der Waals surface area contributed by atoms with E-state index in [9.17, 15) is 4.39 Å².